The topological polar surface area (TPSA) is 47.6 Å². The number of amides is 1. The van der Waals surface area contributed by atoms with Crippen LogP contribution in [0.4, 0.5) is 0 Å². The summed E-state index contributed by atoms with van der Waals surface area (Å²) in [4.78, 5) is 11.8. The van der Waals surface area contributed by atoms with Crippen LogP contribution in [0, 0.1) is 0 Å². The minimum absolute atomic E-state index is 0.131. The summed E-state index contributed by atoms with van der Waals surface area (Å²) in [5.41, 5.74) is 1.32. The number of hydrogen-bond acceptors (Lipinski definition) is 3. The lowest BCUT2D eigenvalue weighted by Gasteiger charge is -2.06. The van der Waals surface area contributed by atoms with Crippen LogP contribution in [0.25, 0.3) is 0 Å². The second-order valence-corrected chi connectivity index (χ2v) is 4.24. The first kappa shape index (κ1) is 11.8. The molecule has 2 rings (SSSR count). The molecule has 4 nitrogen and oxygen atoms in total. The molecule has 5 heteroatoms. The molecule has 0 aliphatic carbocycles. The van der Waals surface area contributed by atoms with E-state index in [-0.39, 0.29) is 12.7 Å². The second-order valence-electron chi connectivity index (χ2n) is 3.83. The molecular formula is C12H12ClNO3. The van der Waals surface area contributed by atoms with Crippen LogP contribution in [0.3, 0.4) is 0 Å². The van der Waals surface area contributed by atoms with E-state index in [2.05, 4.69) is 11.9 Å². The zero-order valence-corrected chi connectivity index (χ0v) is 10.1. The lowest BCUT2D eigenvalue weighted by atomic mass is 10.2. The summed E-state index contributed by atoms with van der Waals surface area (Å²) in [6.45, 7) is 6.12. The van der Waals surface area contributed by atoms with E-state index in [1.807, 2.05) is 6.92 Å². The van der Waals surface area contributed by atoms with E-state index in [1.165, 1.54) is 0 Å². The molecule has 0 atom stereocenters. The van der Waals surface area contributed by atoms with Crippen molar-refractivity contribution in [2.75, 3.05) is 13.3 Å². The Labute approximate surface area is 104 Å². The Morgan fingerprint density at radius 3 is 3.00 bits per heavy atom. The van der Waals surface area contributed by atoms with Crippen LogP contribution in [0.2, 0.25) is 5.02 Å². The van der Waals surface area contributed by atoms with E-state index >= 15 is 0 Å². The Hall–Kier alpha value is -1.68. The van der Waals surface area contributed by atoms with Gasteiger partial charge in [-0.2, -0.15) is 0 Å². The van der Waals surface area contributed by atoms with Gasteiger partial charge < -0.3 is 14.8 Å². The number of carbonyl (C=O) groups is 1. The molecule has 0 fully saturated rings. The van der Waals surface area contributed by atoms with Gasteiger partial charge in [-0.1, -0.05) is 23.8 Å². The van der Waals surface area contributed by atoms with Crippen LogP contribution < -0.4 is 14.8 Å². The van der Waals surface area contributed by atoms with E-state index in [0.29, 0.717) is 28.6 Å². The standard InChI is InChI=1S/C12H12ClNO3/c1-7(2)5-14-12(15)8-3-9(13)11-10(4-8)16-6-17-11/h3-4H,1,5-6H2,2H3,(H,14,15). The van der Waals surface area contributed by atoms with Crippen molar-refractivity contribution in [3.05, 3.63) is 34.9 Å². The molecule has 1 aliphatic rings. The van der Waals surface area contributed by atoms with Crippen molar-refractivity contribution in [3.8, 4) is 11.5 Å². The monoisotopic (exact) mass is 253 g/mol. The van der Waals surface area contributed by atoms with Crippen molar-refractivity contribution in [2.45, 2.75) is 6.92 Å². The van der Waals surface area contributed by atoms with Crippen LogP contribution in [0.15, 0.2) is 24.3 Å². The molecule has 1 aromatic carbocycles. The number of ether oxygens (including phenoxy) is 2. The van der Waals surface area contributed by atoms with Crippen LogP contribution in [-0.2, 0) is 0 Å². The summed E-state index contributed by atoms with van der Waals surface area (Å²) in [6.07, 6.45) is 0. The third-order valence-corrected chi connectivity index (χ3v) is 2.52. The minimum Gasteiger partial charge on any atom is -0.454 e. The quantitative estimate of drug-likeness (QED) is 0.842. The Balaban J connectivity index is 2.19. The van der Waals surface area contributed by atoms with Gasteiger partial charge in [0.15, 0.2) is 11.5 Å². The summed E-state index contributed by atoms with van der Waals surface area (Å²) < 4.78 is 10.4. The zero-order chi connectivity index (χ0) is 12.4. The fourth-order valence-corrected chi connectivity index (χ4v) is 1.70. The Morgan fingerprint density at radius 1 is 1.53 bits per heavy atom. The highest BCUT2D eigenvalue weighted by Crippen LogP contribution is 2.39. The van der Waals surface area contributed by atoms with Crippen molar-refractivity contribution < 1.29 is 14.3 Å². The lowest BCUT2D eigenvalue weighted by Crippen LogP contribution is -2.24. The molecule has 0 bridgehead atoms. The van der Waals surface area contributed by atoms with Crippen molar-refractivity contribution in [3.63, 3.8) is 0 Å². The molecule has 0 radical (unpaired) electrons. The van der Waals surface area contributed by atoms with E-state index in [4.69, 9.17) is 21.1 Å². The maximum absolute atomic E-state index is 11.8. The van der Waals surface area contributed by atoms with Gasteiger partial charge in [-0.15, -0.1) is 0 Å². The molecule has 1 amide bonds. The summed E-state index contributed by atoms with van der Waals surface area (Å²) in [6, 6.07) is 3.17. The van der Waals surface area contributed by atoms with Crippen molar-refractivity contribution >= 4 is 17.5 Å². The normalized spacial score (nSPS) is 12.4. The predicted molar refractivity (Wildman–Crippen MR) is 64.7 cm³/mol. The Morgan fingerprint density at radius 2 is 2.29 bits per heavy atom. The van der Waals surface area contributed by atoms with E-state index < -0.39 is 0 Å². The van der Waals surface area contributed by atoms with Crippen molar-refractivity contribution in [1.82, 2.24) is 5.32 Å². The fourth-order valence-electron chi connectivity index (χ4n) is 1.43. The van der Waals surface area contributed by atoms with E-state index in [9.17, 15) is 4.79 Å². The molecule has 0 spiro atoms. The van der Waals surface area contributed by atoms with Crippen LogP contribution in [0.1, 0.15) is 17.3 Å². The third kappa shape index (κ3) is 2.53. The molecule has 0 saturated heterocycles. The van der Waals surface area contributed by atoms with E-state index in [0.717, 1.165) is 5.57 Å². The third-order valence-electron chi connectivity index (χ3n) is 2.24. The minimum atomic E-state index is -0.215. The van der Waals surface area contributed by atoms with E-state index in [1.54, 1.807) is 12.1 Å². The highest BCUT2D eigenvalue weighted by molar-refractivity contribution is 6.32. The largest absolute Gasteiger partial charge is 0.454 e. The van der Waals surface area contributed by atoms with Gasteiger partial charge in [0.25, 0.3) is 5.91 Å². The Kier molecular flexibility index (Phi) is 3.24. The number of carbonyl (C=O) groups excluding carboxylic acids is 1. The molecule has 0 saturated carbocycles. The molecule has 0 unspecified atom stereocenters. The zero-order valence-electron chi connectivity index (χ0n) is 9.38. The van der Waals surface area contributed by atoms with Crippen molar-refractivity contribution in [1.29, 1.82) is 0 Å². The van der Waals surface area contributed by atoms with Gasteiger partial charge in [0.05, 0.1) is 5.02 Å². The number of hydrogen-bond donors (Lipinski definition) is 1. The Bertz CT molecular complexity index is 485. The number of benzene rings is 1. The first-order valence-electron chi connectivity index (χ1n) is 5.09. The first-order chi connectivity index (χ1) is 8.08. The molecule has 17 heavy (non-hydrogen) atoms. The summed E-state index contributed by atoms with van der Waals surface area (Å²) in [5.74, 6) is 0.772. The number of nitrogens with one attached hydrogen (secondary N) is 1. The molecule has 1 N–H and O–H groups in total. The van der Waals surface area contributed by atoms with Gasteiger partial charge in [0.2, 0.25) is 6.79 Å². The average molecular weight is 254 g/mol. The van der Waals surface area contributed by atoms with Gasteiger partial charge in [0.1, 0.15) is 0 Å². The first-order valence-corrected chi connectivity index (χ1v) is 5.47. The maximum Gasteiger partial charge on any atom is 0.251 e. The summed E-state index contributed by atoms with van der Waals surface area (Å²) in [5, 5.41) is 3.10. The van der Waals surface area contributed by atoms with Gasteiger partial charge in [-0.3, -0.25) is 4.79 Å². The summed E-state index contributed by atoms with van der Waals surface area (Å²) >= 11 is 5.98. The predicted octanol–water partition coefficient (Wildman–Crippen LogP) is 2.37. The van der Waals surface area contributed by atoms with Gasteiger partial charge in [-0.25, -0.2) is 0 Å². The lowest BCUT2D eigenvalue weighted by molar-refractivity contribution is 0.0956. The molecule has 1 aliphatic heterocycles. The number of halogens is 1. The van der Waals surface area contributed by atoms with Crippen LogP contribution in [-0.4, -0.2) is 19.2 Å². The number of fused-ring (bicyclic) bond motifs is 1. The van der Waals surface area contributed by atoms with Crippen LogP contribution in [0.5, 0.6) is 11.5 Å². The smallest absolute Gasteiger partial charge is 0.251 e. The van der Waals surface area contributed by atoms with Gasteiger partial charge >= 0.3 is 0 Å². The number of rotatable bonds is 3. The van der Waals surface area contributed by atoms with Gasteiger partial charge in [-0.05, 0) is 19.1 Å². The molecular weight excluding hydrogens is 242 g/mol. The summed E-state index contributed by atoms with van der Waals surface area (Å²) in [7, 11) is 0. The molecule has 1 heterocycles. The maximum atomic E-state index is 11.8. The average Bonchev–Trinajstić information content (AvgIpc) is 2.74. The fraction of sp³-hybridized carbons (Fsp3) is 0.250. The van der Waals surface area contributed by atoms with Crippen molar-refractivity contribution in [2.24, 2.45) is 0 Å². The SMILES string of the molecule is C=C(C)CNC(=O)c1cc(Cl)c2c(c1)OCO2. The molecule has 0 aromatic heterocycles. The van der Waals surface area contributed by atoms with Crippen LogP contribution >= 0.6 is 11.6 Å². The molecule has 90 valence electrons. The highest BCUT2D eigenvalue weighted by Gasteiger charge is 2.20. The molecule has 1 aromatic rings. The second kappa shape index (κ2) is 4.67. The van der Waals surface area contributed by atoms with Gasteiger partial charge in [0, 0.05) is 12.1 Å². The highest BCUT2D eigenvalue weighted by atomic mass is 35.5.